The van der Waals surface area contributed by atoms with Gasteiger partial charge in [0.25, 0.3) is 5.01 Å². The summed E-state index contributed by atoms with van der Waals surface area (Å²) in [4.78, 5) is 2.77. The smallest absolute Gasteiger partial charge is 0.265 e. The number of fused-ring (bicyclic) bond motifs is 2. The quantitative estimate of drug-likeness (QED) is 0.204. The summed E-state index contributed by atoms with van der Waals surface area (Å²) in [5, 5.41) is 1.65. The molecule has 0 spiro atoms. The lowest BCUT2D eigenvalue weighted by Gasteiger charge is -2.20. The van der Waals surface area contributed by atoms with Gasteiger partial charge in [0.15, 0.2) is 6.54 Å². The molecule has 4 rings (SSSR count). The van der Waals surface area contributed by atoms with Gasteiger partial charge >= 0.3 is 0 Å². The normalized spacial score (nSPS) is 15.9. The Balaban J connectivity index is 1.73. The second-order valence-electron chi connectivity index (χ2n) is 7.53. The molecule has 0 radical (unpaired) electrons. The van der Waals surface area contributed by atoms with E-state index < -0.39 is 27.0 Å². The van der Waals surface area contributed by atoms with E-state index in [2.05, 4.69) is 15.9 Å². The van der Waals surface area contributed by atoms with Crippen LogP contribution in [-0.2, 0) is 27.7 Å². The summed E-state index contributed by atoms with van der Waals surface area (Å²) >= 11 is 4.29. The molecule has 2 aromatic carbocycles. The fourth-order valence-electron chi connectivity index (χ4n) is 3.67. The van der Waals surface area contributed by atoms with Crippen LogP contribution in [0, 0.1) is 5.82 Å². The molecule has 1 unspecified atom stereocenters. The predicted molar refractivity (Wildman–Crippen MR) is 135 cm³/mol. The molecule has 182 valence electrons. The van der Waals surface area contributed by atoms with E-state index in [4.69, 9.17) is 0 Å². The first kappa shape index (κ1) is 25.7. The Morgan fingerprint density at radius 2 is 2.00 bits per heavy atom. The molecule has 0 saturated carbocycles. The lowest BCUT2D eigenvalue weighted by atomic mass is 10.2. The van der Waals surface area contributed by atoms with Crippen LogP contribution in [0.5, 0.6) is 0 Å². The zero-order valence-electron chi connectivity index (χ0n) is 17.6. The number of thioether (sulfide) groups is 1. The van der Waals surface area contributed by atoms with Crippen LogP contribution >= 0.6 is 39.0 Å². The van der Waals surface area contributed by atoms with E-state index in [-0.39, 0.29) is 18.0 Å². The maximum absolute atomic E-state index is 14.0. The number of aromatic nitrogens is 1. The number of anilines is 1. The van der Waals surface area contributed by atoms with E-state index in [0.29, 0.717) is 25.2 Å². The average Bonchev–Trinajstić information content (AvgIpc) is 3.25. The zero-order chi connectivity index (χ0) is 24.5. The van der Waals surface area contributed by atoms with Crippen molar-refractivity contribution in [1.29, 1.82) is 0 Å². The van der Waals surface area contributed by atoms with Gasteiger partial charge < -0.3 is 14.0 Å². The number of halogens is 2. The molecule has 0 saturated heterocycles. The molecule has 7 nitrogen and oxygen atoms in total. The molecule has 3 aromatic rings. The third-order valence-corrected chi connectivity index (χ3v) is 9.23. The van der Waals surface area contributed by atoms with E-state index in [0.717, 1.165) is 29.6 Å². The van der Waals surface area contributed by atoms with Gasteiger partial charge in [0.2, 0.25) is 5.52 Å². The lowest BCUT2D eigenvalue weighted by molar-refractivity contribution is -0.668. The van der Waals surface area contributed by atoms with Crippen LogP contribution in [-0.4, -0.2) is 39.8 Å². The summed E-state index contributed by atoms with van der Waals surface area (Å²) in [6, 6.07) is 10.3. The van der Waals surface area contributed by atoms with Gasteiger partial charge in [-0.2, -0.15) is 4.57 Å². The summed E-state index contributed by atoms with van der Waals surface area (Å²) in [5.74, 6) is -0.836. The summed E-state index contributed by atoms with van der Waals surface area (Å²) in [5.41, 5.74) is 1.58. The van der Waals surface area contributed by atoms with E-state index >= 15 is 0 Å². The minimum absolute atomic E-state index is 0.000318. The molecule has 0 amide bonds. The van der Waals surface area contributed by atoms with Crippen molar-refractivity contribution >= 4 is 82.2 Å². The topological polar surface area (TPSA) is 104 Å². The Morgan fingerprint density at radius 3 is 2.74 bits per heavy atom. The Labute approximate surface area is 215 Å². The molecular formula is C21H19BrFN2O5S4-. The Bertz CT molecular complexity index is 1390. The number of rotatable bonds is 9. The van der Waals surface area contributed by atoms with E-state index in [9.17, 15) is 26.1 Å². The third-order valence-electron chi connectivity index (χ3n) is 5.10. The average molecular weight is 607 g/mol. The van der Waals surface area contributed by atoms with Gasteiger partial charge in [0.1, 0.15) is 10.5 Å². The van der Waals surface area contributed by atoms with Crippen LogP contribution in [0.15, 0.2) is 50.8 Å². The summed E-state index contributed by atoms with van der Waals surface area (Å²) in [7, 11) is -4.32. The third kappa shape index (κ3) is 6.25. The van der Waals surface area contributed by atoms with Gasteiger partial charge in [0.05, 0.1) is 26.9 Å². The maximum Gasteiger partial charge on any atom is 0.265 e. The lowest BCUT2D eigenvalue weighted by Crippen LogP contribution is -2.36. The first-order valence-electron chi connectivity index (χ1n) is 10.2. The number of benzene rings is 2. The van der Waals surface area contributed by atoms with Crippen molar-refractivity contribution in [3.8, 4) is 0 Å². The molecule has 34 heavy (non-hydrogen) atoms. The number of aryl methyl sites for hydroxylation is 1. The molecule has 1 aromatic heterocycles. The first-order chi connectivity index (χ1) is 16.1. The molecule has 13 heteroatoms. The highest BCUT2D eigenvalue weighted by molar-refractivity contribution is 9.10. The van der Waals surface area contributed by atoms with Crippen LogP contribution in [0.3, 0.4) is 0 Å². The second kappa shape index (κ2) is 10.7. The Hall–Kier alpha value is -1.35. The van der Waals surface area contributed by atoms with Gasteiger partial charge in [0, 0.05) is 39.9 Å². The summed E-state index contributed by atoms with van der Waals surface area (Å²) < 4.78 is 73.2. The predicted octanol–water partition coefficient (Wildman–Crippen LogP) is 4.21. The molecule has 0 N–H and O–H groups in total. The van der Waals surface area contributed by atoms with Crippen LogP contribution in [0.25, 0.3) is 16.3 Å². The highest BCUT2D eigenvalue weighted by Crippen LogP contribution is 2.47. The first-order valence-corrected chi connectivity index (χ1v) is 15.4. The molecule has 1 atom stereocenters. The molecule has 0 fully saturated rings. The monoisotopic (exact) mass is 605 g/mol. The van der Waals surface area contributed by atoms with Crippen molar-refractivity contribution in [1.82, 2.24) is 0 Å². The van der Waals surface area contributed by atoms with Crippen molar-refractivity contribution in [3.63, 3.8) is 0 Å². The van der Waals surface area contributed by atoms with Gasteiger partial charge in [-0.25, -0.2) is 12.8 Å². The molecule has 1 aliphatic rings. The van der Waals surface area contributed by atoms with Crippen molar-refractivity contribution in [2.45, 2.75) is 24.3 Å². The van der Waals surface area contributed by atoms with Crippen molar-refractivity contribution in [2.75, 3.05) is 23.0 Å². The second-order valence-corrected chi connectivity index (χ2v) is 13.1. The van der Waals surface area contributed by atoms with Crippen LogP contribution in [0.4, 0.5) is 10.1 Å². The van der Waals surface area contributed by atoms with Gasteiger partial charge in [-0.1, -0.05) is 50.1 Å². The van der Waals surface area contributed by atoms with Crippen molar-refractivity contribution in [2.24, 2.45) is 0 Å². The van der Waals surface area contributed by atoms with E-state index in [1.54, 1.807) is 6.07 Å². The number of hydrogen-bond donors (Lipinski definition) is 0. The minimum Gasteiger partial charge on any atom is -0.772 e. The van der Waals surface area contributed by atoms with Gasteiger partial charge in [-0.05, 0) is 36.8 Å². The number of nitrogens with zero attached hydrogens (tertiary/aromatic N) is 2. The summed E-state index contributed by atoms with van der Waals surface area (Å²) in [6.07, 6.45) is 2.49. The van der Waals surface area contributed by atoms with Crippen molar-refractivity contribution < 1.29 is 30.7 Å². The zero-order valence-corrected chi connectivity index (χ0v) is 22.5. The van der Waals surface area contributed by atoms with Crippen molar-refractivity contribution in [3.05, 3.63) is 56.7 Å². The maximum atomic E-state index is 14.0. The van der Waals surface area contributed by atoms with E-state index in [1.165, 1.54) is 35.2 Å². The SMILES string of the molecule is O=S([O-])CCCN1/C(=C/c2sc3ccc(Br)cc3[n+]2CCCS(=O)(=O)[O-])Sc2ccc(F)cc21. The highest BCUT2D eigenvalue weighted by atomic mass is 79.9. The van der Waals surface area contributed by atoms with Crippen LogP contribution < -0.4 is 9.47 Å². The Kier molecular flexibility index (Phi) is 8.12. The van der Waals surface area contributed by atoms with Gasteiger partial charge in [-0.3, -0.25) is 4.21 Å². The largest absolute Gasteiger partial charge is 0.772 e. The fraction of sp³-hybridized carbons (Fsp3) is 0.286. The summed E-state index contributed by atoms with van der Waals surface area (Å²) in [6.45, 7) is 0.729. The fourth-order valence-corrected chi connectivity index (χ4v) is 7.15. The standard InChI is InChI=1S/C21H20BrFN2O5S4/c22-14-3-5-18-16(11-14)25(8-2-10-34(28,29)30)21(31-18)13-20-24(7-1-9-33(26)27)17-12-15(23)4-6-19(17)32-20/h3-6,11-13H,1-2,7-10H2,(H-,26,27,28,29,30)/p-1. The van der Waals surface area contributed by atoms with Crippen LogP contribution in [0.2, 0.25) is 0 Å². The number of thiazole rings is 1. The highest BCUT2D eigenvalue weighted by Gasteiger charge is 2.28. The number of hydrogen-bond acceptors (Lipinski definition) is 8. The molecular weight excluding hydrogens is 587 g/mol. The molecule has 1 aliphatic heterocycles. The molecule has 0 bridgehead atoms. The minimum atomic E-state index is -4.32. The van der Waals surface area contributed by atoms with Gasteiger partial charge in [-0.15, -0.1) is 0 Å². The molecule has 0 aliphatic carbocycles. The van der Waals surface area contributed by atoms with Crippen LogP contribution in [0.1, 0.15) is 17.8 Å². The Morgan fingerprint density at radius 1 is 1.21 bits per heavy atom. The van der Waals surface area contributed by atoms with E-state index in [1.807, 2.05) is 33.7 Å². The molecule has 2 heterocycles.